The van der Waals surface area contributed by atoms with Crippen LogP contribution >= 0.6 is 0 Å². The molecule has 8 nitrogen and oxygen atoms in total. The van der Waals surface area contributed by atoms with Crippen LogP contribution in [0.25, 0.3) is 0 Å². The number of alkyl carbamates (subject to hydrolysis) is 1. The number of hydrogen-bond donors (Lipinski definition) is 2. The van der Waals surface area contributed by atoms with Crippen LogP contribution in [-0.2, 0) is 9.53 Å². The van der Waals surface area contributed by atoms with E-state index in [0.29, 0.717) is 37.2 Å². The van der Waals surface area contributed by atoms with Crippen molar-refractivity contribution in [2.75, 3.05) is 26.7 Å². The molecule has 1 saturated heterocycles. The number of likely N-dealkylation sites (tertiary alicyclic amines) is 1. The second-order valence-electron chi connectivity index (χ2n) is 8.04. The molecule has 160 valence electrons. The Morgan fingerprint density at radius 1 is 1.10 bits per heavy atom. The lowest BCUT2D eigenvalue weighted by Gasteiger charge is -2.32. The molecule has 0 radical (unpaired) electrons. The van der Waals surface area contributed by atoms with Gasteiger partial charge in [-0.1, -0.05) is 0 Å². The van der Waals surface area contributed by atoms with Crippen LogP contribution in [-0.4, -0.2) is 61.2 Å². The number of ether oxygens (including phenoxy) is 2. The molecule has 0 spiro atoms. The predicted octanol–water partition coefficient (Wildman–Crippen LogP) is 2.33. The summed E-state index contributed by atoms with van der Waals surface area (Å²) in [7, 11) is 1.59. The van der Waals surface area contributed by atoms with Gasteiger partial charge in [0.2, 0.25) is 5.91 Å². The van der Waals surface area contributed by atoms with Crippen molar-refractivity contribution in [2.24, 2.45) is 0 Å². The second-order valence-corrected chi connectivity index (χ2v) is 8.04. The molecule has 0 aliphatic carbocycles. The third-order valence-corrected chi connectivity index (χ3v) is 4.50. The van der Waals surface area contributed by atoms with Gasteiger partial charge in [-0.25, -0.2) is 4.79 Å². The first-order valence-corrected chi connectivity index (χ1v) is 9.87. The first kappa shape index (κ1) is 22.5. The number of nitrogens with one attached hydrogen (secondary N) is 2. The highest BCUT2D eigenvalue weighted by Gasteiger charge is 2.24. The van der Waals surface area contributed by atoms with Gasteiger partial charge in [0.25, 0.3) is 5.91 Å². The summed E-state index contributed by atoms with van der Waals surface area (Å²) in [5.41, 5.74) is 0.0605. The van der Waals surface area contributed by atoms with E-state index in [9.17, 15) is 14.4 Å². The van der Waals surface area contributed by atoms with E-state index in [-0.39, 0.29) is 30.8 Å². The van der Waals surface area contributed by atoms with Gasteiger partial charge in [-0.15, -0.1) is 0 Å². The standard InChI is InChI=1S/C21H31N3O5/c1-21(2,3)29-20(27)22-12-9-18(25)23-16-10-13-24(14-11-16)19(26)15-5-7-17(28-4)8-6-15/h5-8,16H,9-14H2,1-4H3,(H,22,27)(H,23,25). The van der Waals surface area contributed by atoms with Crippen LogP contribution in [0.15, 0.2) is 24.3 Å². The van der Waals surface area contributed by atoms with E-state index in [4.69, 9.17) is 9.47 Å². The van der Waals surface area contributed by atoms with Gasteiger partial charge in [-0.3, -0.25) is 9.59 Å². The zero-order chi connectivity index (χ0) is 21.4. The van der Waals surface area contributed by atoms with Crippen LogP contribution in [0, 0.1) is 0 Å². The number of benzene rings is 1. The van der Waals surface area contributed by atoms with Crippen LogP contribution in [0.1, 0.15) is 50.4 Å². The number of amides is 3. The molecule has 0 bridgehead atoms. The molecule has 1 aromatic carbocycles. The molecule has 0 atom stereocenters. The predicted molar refractivity (Wildman–Crippen MR) is 109 cm³/mol. The third-order valence-electron chi connectivity index (χ3n) is 4.50. The fourth-order valence-corrected chi connectivity index (χ4v) is 3.04. The molecule has 0 saturated carbocycles. The highest BCUT2D eigenvalue weighted by Crippen LogP contribution is 2.17. The Morgan fingerprint density at radius 2 is 1.72 bits per heavy atom. The third kappa shape index (κ3) is 7.63. The lowest BCUT2D eigenvalue weighted by molar-refractivity contribution is -0.121. The maximum Gasteiger partial charge on any atom is 0.407 e. The van der Waals surface area contributed by atoms with Crippen molar-refractivity contribution in [3.8, 4) is 5.75 Å². The van der Waals surface area contributed by atoms with Crippen molar-refractivity contribution in [3.05, 3.63) is 29.8 Å². The molecular weight excluding hydrogens is 374 g/mol. The Morgan fingerprint density at radius 3 is 2.28 bits per heavy atom. The number of piperidine rings is 1. The summed E-state index contributed by atoms with van der Waals surface area (Å²) in [5, 5.41) is 5.54. The maximum atomic E-state index is 12.6. The number of carbonyl (C=O) groups excluding carboxylic acids is 3. The van der Waals surface area contributed by atoms with E-state index in [1.54, 1.807) is 57.0 Å². The summed E-state index contributed by atoms with van der Waals surface area (Å²) in [6.07, 6.45) is 1.06. The summed E-state index contributed by atoms with van der Waals surface area (Å²) < 4.78 is 10.2. The highest BCUT2D eigenvalue weighted by atomic mass is 16.6. The zero-order valence-corrected chi connectivity index (χ0v) is 17.6. The molecule has 3 amide bonds. The minimum Gasteiger partial charge on any atom is -0.497 e. The van der Waals surface area contributed by atoms with Gasteiger partial charge in [-0.05, 0) is 57.9 Å². The number of nitrogens with zero attached hydrogens (tertiary/aromatic N) is 1. The van der Waals surface area contributed by atoms with Gasteiger partial charge in [0.1, 0.15) is 11.4 Å². The van der Waals surface area contributed by atoms with E-state index < -0.39 is 11.7 Å². The average Bonchev–Trinajstić information content (AvgIpc) is 2.66. The number of carbonyl (C=O) groups is 3. The van der Waals surface area contributed by atoms with Crippen LogP contribution in [0.5, 0.6) is 5.75 Å². The Hall–Kier alpha value is -2.77. The van der Waals surface area contributed by atoms with Crippen LogP contribution in [0.2, 0.25) is 0 Å². The fraction of sp³-hybridized carbons (Fsp3) is 0.571. The molecule has 29 heavy (non-hydrogen) atoms. The van der Waals surface area contributed by atoms with Gasteiger partial charge >= 0.3 is 6.09 Å². The Kier molecular flexibility index (Phi) is 7.87. The SMILES string of the molecule is COc1ccc(C(=O)N2CCC(NC(=O)CCNC(=O)OC(C)(C)C)CC2)cc1. The summed E-state index contributed by atoms with van der Waals surface area (Å²) in [4.78, 5) is 38.0. The number of rotatable bonds is 6. The van der Waals surface area contributed by atoms with E-state index >= 15 is 0 Å². The quantitative estimate of drug-likeness (QED) is 0.757. The largest absolute Gasteiger partial charge is 0.497 e. The van der Waals surface area contributed by atoms with Crippen LogP contribution in [0.3, 0.4) is 0 Å². The minimum absolute atomic E-state index is 0.0148. The van der Waals surface area contributed by atoms with Gasteiger partial charge in [0, 0.05) is 37.7 Å². The zero-order valence-electron chi connectivity index (χ0n) is 17.6. The molecule has 1 aliphatic heterocycles. The van der Waals surface area contributed by atoms with Crippen LogP contribution in [0.4, 0.5) is 4.79 Å². The summed E-state index contributed by atoms with van der Waals surface area (Å²) >= 11 is 0. The van der Waals surface area contributed by atoms with Crippen LogP contribution < -0.4 is 15.4 Å². The minimum atomic E-state index is -0.566. The fourth-order valence-electron chi connectivity index (χ4n) is 3.04. The molecule has 2 rings (SSSR count). The smallest absolute Gasteiger partial charge is 0.407 e. The Balaban J connectivity index is 1.68. The topological polar surface area (TPSA) is 97.0 Å². The molecule has 1 fully saturated rings. The normalized spacial score (nSPS) is 14.8. The summed E-state index contributed by atoms with van der Waals surface area (Å²) in [6, 6.07) is 7.08. The average molecular weight is 405 g/mol. The van der Waals surface area contributed by atoms with Crippen molar-refractivity contribution in [1.82, 2.24) is 15.5 Å². The highest BCUT2D eigenvalue weighted by molar-refractivity contribution is 5.94. The molecule has 1 aromatic rings. The van der Waals surface area contributed by atoms with E-state index in [1.165, 1.54) is 0 Å². The number of hydrogen-bond acceptors (Lipinski definition) is 5. The van der Waals surface area contributed by atoms with E-state index in [1.807, 2.05) is 0 Å². The van der Waals surface area contributed by atoms with Crippen molar-refractivity contribution < 1.29 is 23.9 Å². The number of methoxy groups -OCH3 is 1. The van der Waals surface area contributed by atoms with Crippen molar-refractivity contribution in [3.63, 3.8) is 0 Å². The molecule has 8 heteroatoms. The molecule has 0 unspecified atom stereocenters. The van der Waals surface area contributed by atoms with Gasteiger partial charge in [0.15, 0.2) is 0 Å². The lowest BCUT2D eigenvalue weighted by Crippen LogP contribution is -2.47. The molecule has 0 aromatic heterocycles. The second kappa shape index (κ2) is 10.1. The Labute approximate surface area is 171 Å². The molecular formula is C21H31N3O5. The first-order chi connectivity index (χ1) is 13.7. The van der Waals surface area contributed by atoms with Gasteiger partial charge in [-0.2, -0.15) is 0 Å². The molecule has 1 aliphatic rings. The van der Waals surface area contributed by atoms with Crippen molar-refractivity contribution in [1.29, 1.82) is 0 Å². The lowest BCUT2D eigenvalue weighted by atomic mass is 10.0. The van der Waals surface area contributed by atoms with E-state index in [2.05, 4.69) is 10.6 Å². The maximum absolute atomic E-state index is 12.6. The van der Waals surface area contributed by atoms with Crippen molar-refractivity contribution in [2.45, 2.75) is 51.7 Å². The molecule has 2 N–H and O–H groups in total. The first-order valence-electron chi connectivity index (χ1n) is 9.87. The van der Waals surface area contributed by atoms with E-state index in [0.717, 1.165) is 0 Å². The molecule has 1 heterocycles. The van der Waals surface area contributed by atoms with Gasteiger partial charge < -0.3 is 25.0 Å². The van der Waals surface area contributed by atoms with Gasteiger partial charge in [0.05, 0.1) is 7.11 Å². The summed E-state index contributed by atoms with van der Waals surface area (Å²) in [5.74, 6) is 0.573. The Bertz CT molecular complexity index is 704. The van der Waals surface area contributed by atoms with Crippen molar-refractivity contribution >= 4 is 17.9 Å². The monoisotopic (exact) mass is 405 g/mol. The summed E-state index contributed by atoms with van der Waals surface area (Å²) in [6.45, 7) is 6.74.